The first-order valence-electron chi connectivity index (χ1n) is 10.7. The number of ether oxygens (including phenoxy) is 1. The zero-order chi connectivity index (χ0) is 33.8. The molecule has 0 fully saturated rings. The second-order valence-corrected chi connectivity index (χ2v) is 10.0. The fourth-order valence-corrected chi connectivity index (χ4v) is 2.09. The van der Waals surface area contributed by atoms with Gasteiger partial charge in [-0.1, -0.05) is 22.6 Å². The second kappa shape index (κ2) is 38.8. The van der Waals surface area contributed by atoms with Crippen molar-refractivity contribution in [2.75, 3.05) is 17.4 Å². The molecule has 4 rings (SSSR count). The van der Waals surface area contributed by atoms with Crippen LogP contribution < -0.4 is 29.6 Å². The Balaban J connectivity index is -0.0000000818. The largest absolute Gasteiger partial charge is 1.00 e. The summed E-state index contributed by atoms with van der Waals surface area (Å²) in [6, 6.07) is 0. The quantitative estimate of drug-likeness (QED) is 0.117. The zero-order valence-corrected chi connectivity index (χ0v) is 34.8. The summed E-state index contributed by atoms with van der Waals surface area (Å²) < 4.78 is 18.4. The number of aromatic nitrogens is 9. The summed E-state index contributed by atoms with van der Waals surface area (Å²) in [5.74, 6) is 0.568. The number of esters is 1. The van der Waals surface area contributed by atoms with Gasteiger partial charge in [0.1, 0.15) is 31.4 Å². The number of aliphatic hydroxyl groups is 1. The second-order valence-electron chi connectivity index (χ2n) is 6.40. The van der Waals surface area contributed by atoms with Crippen molar-refractivity contribution in [2.24, 2.45) is 31.3 Å². The Morgan fingerprint density at radius 3 is 1.59 bits per heavy atom. The number of carbonyl (C=O) groups excluding carboxylic acids is 1. The van der Waals surface area contributed by atoms with Gasteiger partial charge in [-0.25, -0.2) is 13.8 Å². The molecule has 0 aromatic carbocycles. The topological polar surface area (TPSA) is 218 Å². The first kappa shape index (κ1) is 57.6. The van der Waals surface area contributed by atoms with Gasteiger partial charge in [-0.15, -0.1) is 82.9 Å². The number of halogens is 7. The van der Waals surface area contributed by atoms with Crippen LogP contribution in [0.25, 0.3) is 0 Å². The number of aliphatic hydroxyl groups excluding tert-OH is 1. The van der Waals surface area contributed by atoms with Crippen molar-refractivity contribution in [3.8, 4) is 0 Å². The minimum atomic E-state index is -1.67. The maximum Gasteiger partial charge on any atom is 1.00 e. The third-order valence-corrected chi connectivity index (χ3v) is 3.98. The first-order chi connectivity index (χ1) is 20.4. The van der Waals surface area contributed by atoms with E-state index in [4.69, 9.17) is 49.2 Å². The van der Waals surface area contributed by atoms with Crippen LogP contribution in [0, 0.1) is 0 Å². The Bertz CT molecular complexity index is 1230. The molecule has 257 valence electrons. The van der Waals surface area contributed by atoms with Crippen molar-refractivity contribution in [3.05, 3.63) is 36.5 Å². The van der Waals surface area contributed by atoms with Crippen LogP contribution in [0.15, 0.2) is 29.2 Å². The summed E-state index contributed by atoms with van der Waals surface area (Å²) in [6.07, 6.45) is 6.42. The van der Waals surface area contributed by atoms with Gasteiger partial charge >= 0.3 is 41.5 Å². The third kappa shape index (κ3) is 30.7. The number of rotatable bonds is 4. The van der Waals surface area contributed by atoms with Gasteiger partial charge in [0.15, 0.2) is 11.5 Å². The van der Waals surface area contributed by atoms with E-state index in [1.807, 2.05) is 12.0 Å². The summed E-state index contributed by atoms with van der Waals surface area (Å²) in [7, 11) is 14.0. The molecule has 0 saturated carbocycles. The van der Waals surface area contributed by atoms with E-state index in [1.165, 1.54) is 24.2 Å². The van der Waals surface area contributed by atoms with Gasteiger partial charge in [0.25, 0.3) is 0 Å². The average molecular weight is 915 g/mol. The summed E-state index contributed by atoms with van der Waals surface area (Å²) in [6.45, 7) is -0.0451. The SMILES string of the molecule is CI.COC(=O)c1nncn1C.Cl.ClCCl.Cn1cnnc1CCl.Cn1cnnc1CO.O=C(O)C1=NN=CC1.O=S(Cl)Cl.[B].[H-].[Na+]. The molecule has 0 unspecified atom stereocenters. The van der Waals surface area contributed by atoms with Crippen LogP contribution in [0.2, 0.25) is 0 Å². The summed E-state index contributed by atoms with van der Waals surface area (Å²) in [5.41, 5.74) is 0.116. The van der Waals surface area contributed by atoms with Crippen LogP contribution in [0.3, 0.4) is 0 Å². The van der Waals surface area contributed by atoms with Crippen LogP contribution >= 0.6 is 91.2 Å². The van der Waals surface area contributed by atoms with E-state index in [0.29, 0.717) is 18.1 Å². The van der Waals surface area contributed by atoms with Gasteiger partial charge in [-0.3, -0.25) is 0 Å². The molecule has 1 aliphatic heterocycles. The third-order valence-electron chi connectivity index (χ3n) is 3.74. The molecule has 0 spiro atoms. The minimum Gasteiger partial charge on any atom is -1.00 e. The minimum absolute atomic E-state index is 0. The standard InChI is InChI=1S/C5H7N3O2.C4H6ClN3.C4H7N3O.C4H4N2O2.CH2Cl2.CH3I.B.Cl2OS.ClH.Na.H/c1-8-3-6-7-4(8)5(9)10-2;1-8-3-6-7-4(8)2-5;1-7-3-5-6-4(7)2-8;7-4(8)3-1-2-5-6-3;2-1-3;1-2;;1-4(2)3;;;/h3H,1-2H3;3H,2H2,1H3;3,8H,2H2,1H3;2H,1H2,(H,7,8);1H2;1H3;;;1H;;/q;;;;;;;;;+1;-1. The van der Waals surface area contributed by atoms with Crippen molar-refractivity contribution in [1.29, 1.82) is 0 Å². The van der Waals surface area contributed by atoms with E-state index in [0.717, 1.165) is 5.82 Å². The fraction of sp³-hybridized carbons (Fsp3) is 0.474. The number of aliphatic carboxylic acids is 1. The van der Waals surface area contributed by atoms with Gasteiger partial charge in [-0.05, 0) is 4.93 Å². The molecular weight excluding hydrogens is 884 g/mol. The smallest absolute Gasteiger partial charge is 1.00 e. The van der Waals surface area contributed by atoms with E-state index >= 15 is 0 Å². The number of nitrogens with zero attached hydrogens (tertiary/aromatic N) is 11. The van der Waals surface area contributed by atoms with E-state index in [1.54, 1.807) is 35.9 Å². The number of methoxy groups -OCH3 is 1. The van der Waals surface area contributed by atoms with Crippen LogP contribution in [0.4, 0.5) is 0 Å². The Labute approximate surface area is 337 Å². The Morgan fingerprint density at radius 2 is 1.39 bits per heavy atom. The van der Waals surface area contributed by atoms with Crippen LogP contribution in [0.5, 0.6) is 0 Å². The molecule has 0 aliphatic carbocycles. The number of carbonyl (C=O) groups is 2. The number of hydrogen-bond donors (Lipinski definition) is 2. The number of alkyl halides is 4. The zero-order valence-electron chi connectivity index (χ0n) is 26.2. The van der Waals surface area contributed by atoms with Gasteiger partial charge in [0, 0.05) is 63.6 Å². The number of carboxylic acids is 1. The maximum atomic E-state index is 10.7. The van der Waals surface area contributed by atoms with E-state index in [-0.39, 0.29) is 75.3 Å². The first-order valence-corrected chi connectivity index (χ1v) is 17.3. The van der Waals surface area contributed by atoms with E-state index in [9.17, 15) is 9.59 Å². The molecule has 1 aliphatic rings. The van der Waals surface area contributed by atoms with Crippen molar-refractivity contribution in [3.63, 3.8) is 0 Å². The van der Waals surface area contributed by atoms with Gasteiger partial charge in [0.05, 0.1) is 18.3 Å². The molecule has 3 aromatic heterocycles. The van der Waals surface area contributed by atoms with Gasteiger partial charge in [-0.2, -0.15) is 5.10 Å². The van der Waals surface area contributed by atoms with Gasteiger partial charge < -0.3 is 30.1 Å². The van der Waals surface area contributed by atoms with Gasteiger partial charge in [0.2, 0.25) is 15.1 Å². The summed E-state index contributed by atoms with van der Waals surface area (Å²) >= 11 is 17.1. The molecule has 27 heteroatoms. The Kier molecular flexibility index (Phi) is 48.6. The predicted molar refractivity (Wildman–Crippen MR) is 188 cm³/mol. The monoisotopic (exact) mass is 912 g/mol. The number of aryl methyl sites for hydroxylation is 3. The van der Waals surface area contributed by atoms with Crippen molar-refractivity contribution < 1.29 is 59.7 Å². The molecule has 2 N–H and O–H groups in total. The van der Waals surface area contributed by atoms with Crippen molar-refractivity contribution in [2.45, 2.75) is 18.9 Å². The number of hydrogen-bond acceptors (Lipinski definition) is 13. The molecule has 0 amide bonds. The van der Waals surface area contributed by atoms with E-state index in [2.05, 4.69) is 89.5 Å². The number of carboxylic acid groups (broad SMARTS) is 1. The summed E-state index contributed by atoms with van der Waals surface area (Å²) in [5, 5.41) is 45.1. The maximum absolute atomic E-state index is 10.7. The molecule has 3 aromatic rings. The molecule has 0 bridgehead atoms. The molecule has 0 atom stereocenters. The van der Waals surface area contributed by atoms with Crippen LogP contribution in [-0.2, 0) is 52.4 Å². The average Bonchev–Trinajstić information content (AvgIpc) is 3.79. The fourth-order valence-electron chi connectivity index (χ4n) is 1.85. The molecule has 17 nitrogen and oxygen atoms in total. The molecule has 3 radical (unpaired) electrons. The molecule has 0 saturated heterocycles. The predicted octanol–water partition coefficient (Wildman–Crippen LogP) is 0.0374. The molecule has 46 heavy (non-hydrogen) atoms. The normalized spacial score (nSPS) is 9.54. The Hall–Kier alpha value is -0.655. The van der Waals surface area contributed by atoms with Crippen LogP contribution in [-0.4, -0.2) is 108 Å². The van der Waals surface area contributed by atoms with Crippen LogP contribution in [0.1, 0.15) is 30.1 Å². The summed E-state index contributed by atoms with van der Waals surface area (Å²) in [4.78, 5) is 22.7. The molecule has 4 heterocycles. The van der Waals surface area contributed by atoms with Crippen molar-refractivity contribution >= 4 is 133 Å². The molecular formula is C19H31BCl6IN11NaO6S. The van der Waals surface area contributed by atoms with Crippen molar-refractivity contribution in [1.82, 2.24) is 44.3 Å². The van der Waals surface area contributed by atoms with E-state index < -0.39 is 21.2 Å². The Morgan fingerprint density at radius 1 is 0.978 bits per heavy atom.